The molecule has 1 aliphatic carbocycles. The molecule has 0 bridgehead atoms. The third-order valence-corrected chi connectivity index (χ3v) is 3.25. The van der Waals surface area contributed by atoms with Crippen molar-refractivity contribution in [2.75, 3.05) is 14.2 Å². The van der Waals surface area contributed by atoms with Crippen LogP contribution >= 0.6 is 0 Å². The minimum Gasteiger partial charge on any atom is -0.493 e. The quantitative estimate of drug-likeness (QED) is 0.509. The van der Waals surface area contributed by atoms with Gasteiger partial charge in [-0.3, -0.25) is 25.2 Å². The van der Waals surface area contributed by atoms with Crippen LogP contribution in [-0.2, 0) is 20.8 Å². The molecular formula is C15H19N3O5. The summed E-state index contributed by atoms with van der Waals surface area (Å²) in [7, 11) is 3.02. The predicted octanol–water partition coefficient (Wildman–Crippen LogP) is -0.328. The number of carbonyl (C=O) groups excluding carboxylic acids is 3. The van der Waals surface area contributed by atoms with Gasteiger partial charge in [0.2, 0.25) is 5.91 Å². The summed E-state index contributed by atoms with van der Waals surface area (Å²) in [6, 6.07) is 5.14. The van der Waals surface area contributed by atoms with Crippen LogP contribution in [0, 0.1) is 0 Å². The van der Waals surface area contributed by atoms with E-state index >= 15 is 0 Å². The molecule has 124 valence electrons. The van der Waals surface area contributed by atoms with E-state index in [9.17, 15) is 14.4 Å². The van der Waals surface area contributed by atoms with Crippen molar-refractivity contribution >= 4 is 17.7 Å². The van der Waals surface area contributed by atoms with Crippen LogP contribution < -0.4 is 25.6 Å². The minimum atomic E-state index is -0.891. The Morgan fingerprint density at radius 3 is 2.35 bits per heavy atom. The largest absolute Gasteiger partial charge is 0.493 e. The highest BCUT2D eigenvalue weighted by molar-refractivity contribution is 6.35. The first-order chi connectivity index (χ1) is 11.0. The molecule has 0 aliphatic heterocycles. The topological polar surface area (TPSA) is 106 Å². The minimum absolute atomic E-state index is 0.0187. The Morgan fingerprint density at radius 1 is 1.04 bits per heavy atom. The average molecular weight is 321 g/mol. The van der Waals surface area contributed by atoms with Gasteiger partial charge in [-0.2, -0.15) is 0 Å². The Labute approximate surface area is 133 Å². The van der Waals surface area contributed by atoms with E-state index in [1.54, 1.807) is 18.2 Å². The summed E-state index contributed by atoms with van der Waals surface area (Å²) in [5, 5.41) is 2.52. The second-order valence-electron chi connectivity index (χ2n) is 5.12. The number of hydrazine groups is 1. The van der Waals surface area contributed by atoms with Crippen LogP contribution in [0.15, 0.2) is 18.2 Å². The third kappa shape index (κ3) is 4.87. The zero-order valence-electron chi connectivity index (χ0n) is 13.0. The maximum absolute atomic E-state index is 11.8. The van der Waals surface area contributed by atoms with Crippen molar-refractivity contribution in [2.24, 2.45) is 0 Å². The highest BCUT2D eigenvalue weighted by atomic mass is 16.5. The Balaban J connectivity index is 1.82. The van der Waals surface area contributed by atoms with Crippen LogP contribution in [0.3, 0.4) is 0 Å². The van der Waals surface area contributed by atoms with Crippen molar-refractivity contribution in [3.8, 4) is 11.5 Å². The molecule has 1 aromatic carbocycles. The summed E-state index contributed by atoms with van der Waals surface area (Å²) >= 11 is 0. The van der Waals surface area contributed by atoms with Gasteiger partial charge in [0.05, 0.1) is 20.6 Å². The van der Waals surface area contributed by atoms with Gasteiger partial charge >= 0.3 is 11.8 Å². The van der Waals surface area contributed by atoms with Crippen LogP contribution in [0.2, 0.25) is 0 Å². The van der Waals surface area contributed by atoms with Gasteiger partial charge in [-0.15, -0.1) is 0 Å². The maximum atomic E-state index is 11.8. The van der Waals surface area contributed by atoms with E-state index < -0.39 is 17.7 Å². The molecule has 0 heterocycles. The molecule has 0 unspecified atom stereocenters. The summed E-state index contributed by atoms with van der Waals surface area (Å²) in [5.41, 5.74) is 4.96. The van der Waals surface area contributed by atoms with Gasteiger partial charge < -0.3 is 14.8 Å². The van der Waals surface area contributed by atoms with Crippen LogP contribution in [0.25, 0.3) is 0 Å². The number of nitrogens with one attached hydrogen (secondary N) is 3. The van der Waals surface area contributed by atoms with E-state index in [4.69, 9.17) is 9.47 Å². The molecule has 0 radical (unpaired) electrons. The van der Waals surface area contributed by atoms with Gasteiger partial charge in [-0.05, 0) is 30.5 Å². The number of amides is 3. The van der Waals surface area contributed by atoms with Crippen molar-refractivity contribution in [3.05, 3.63) is 23.8 Å². The fraction of sp³-hybridized carbons (Fsp3) is 0.400. The molecule has 1 fully saturated rings. The second-order valence-corrected chi connectivity index (χ2v) is 5.12. The van der Waals surface area contributed by atoms with Gasteiger partial charge in [0, 0.05) is 6.04 Å². The molecule has 0 saturated heterocycles. The van der Waals surface area contributed by atoms with Gasteiger partial charge in [-0.25, -0.2) is 0 Å². The molecule has 0 atom stereocenters. The van der Waals surface area contributed by atoms with E-state index in [0.29, 0.717) is 17.1 Å². The third-order valence-electron chi connectivity index (χ3n) is 3.25. The number of benzene rings is 1. The van der Waals surface area contributed by atoms with Crippen LogP contribution in [0.4, 0.5) is 0 Å². The lowest BCUT2D eigenvalue weighted by atomic mass is 10.1. The Hall–Kier alpha value is -2.77. The van der Waals surface area contributed by atoms with E-state index in [0.717, 1.165) is 12.8 Å². The Morgan fingerprint density at radius 2 is 1.74 bits per heavy atom. The molecule has 3 N–H and O–H groups in total. The summed E-state index contributed by atoms with van der Waals surface area (Å²) in [4.78, 5) is 34.7. The first-order valence-electron chi connectivity index (χ1n) is 7.14. The van der Waals surface area contributed by atoms with E-state index in [2.05, 4.69) is 16.2 Å². The smallest absolute Gasteiger partial charge is 0.327 e. The van der Waals surface area contributed by atoms with Crippen LogP contribution in [0.5, 0.6) is 11.5 Å². The SMILES string of the molecule is COc1ccc(CC(=O)NNC(=O)C(=O)NC2CC2)cc1OC. The van der Waals surface area contributed by atoms with Gasteiger partial charge in [-0.1, -0.05) is 6.07 Å². The molecule has 8 nitrogen and oxygen atoms in total. The lowest BCUT2D eigenvalue weighted by molar-refractivity contribution is -0.140. The van der Waals surface area contributed by atoms with E-state index in [1.807, 2.05) is 0 Å². The zero-order valence-corrected chi connectivity index (χ0v) is 13.0. The maximum Gasteiger partial charge on any atom is 0.327 e. The van der Waals surface area contributed by atoms with Crippen LogP contribution in [-0.4, -0.2) is 38.0 Å². The highest BCUT2D eigenvalue weighted by Gasteiger charge is 2.26. The molecule has 3 amide bonds. The zero-order chi connectivity index (χ0) is 16.8. The number of methoxy groups -OCH3 is 2. The lowest BCUT2D eigenvalue weighted by Gasteiger charge is -2.10. The van der Waals surface area contributed by atoms with Crippen molar-refractivity contribution < 1.29 is 23.9 Å². The normalized spacial score (nSPS) is 13.0. The first-order valence-corrected chi connectivity index (χ1v) is 7.14. The van der Waals surface area contributed by atoms with E-state index in [-0.39, 0.29) is 12.5 Å². The summed E-state index contributed by atoms with van der Waals surface area (Å²) in [6.45, 7) is 0. The van der Waals surface area contributed by atoms with Gasteiger partial charge in [0.15, 0.2) is 11.5 Å². The summed E-state index contributed by atoms with van der Waals surface area (Å²) < 4.78 is 10.3. The number of hydrogen-bond donors (Lipinski definition) is 3. The first kappa shape index (κ1) is 16.6. The van der Waals surface area contributed by atoms with Gasteiger partial charge in [0.25, 0.3) is 0 Å². The van der Waals surface area contributed by atoms with Crippen LogP contribution in [0.1, 0.15) is 18.4 Å². The number of hydrogen-bond acceptors (Lipinski definition) is 5. The molecule has 1 aliphatic rings. The monoisotopic (exact) mass is 321 g/mol. The highest BCUT2D eigenvalue weighted by Crippen LogP contribution is 2.27. The second kappa shape index (κ2) is 7.48. The number of ether oxygens (including phenoxy) is 2. The number of rotatable bonds is 5. The van der Waals surface area contributed by atoms with Crippen molar-refractivity contribution in [1.29, 1.82) is 0 Å². The van der Waals surface area contributed by atoms with E-state index in [1.165, 1.54) is 14.2 Å². The molecule has 23 heavy (non-hydrogen) atoms. The molecule has 1 aromatic rings. The predicted molar refractivity (Wildman–Crippen MR) is 80.7 cm³/mol. The Kier molecular flexibility index (Phi) is 5.40. The van der Waals surface area contributed by atoms with Crippen molar-refractivity contribution in [1.82, 2.24) is 16.2 Å². The Bertz CT molecular complexity index is 613. The molecule has 2 rings (SSSR count). The standard InChI is InChI=1S/C15H19N3O5/c1-22-11-6-3-9(7-12(11)23-2)8-13(19)17-18-15(21)14(20)16-10-4-5-10/h3,6-7,10H,4-5,8H2,1-2H3,(H,16,20)(H,17,19)(H,18,21). The molecule has 0 spiro atoms. The molecular weight excluding hydrogens is 302 g/mol. The van der Waals surface area contributed by atoms with Crippen molar-refractivity contribution in [2.45, 2.75) is 25.3 Å². The fourth-order valence-corrected chi connectivity index (χ4v) is 1.88. The molecule has 8 heteroatoms. The van der Waals surface area contributed by atoms with Crippen molar-refractivity contribution in [3.63, 3.8) is 0 Å². The molecule has 0 aromatic heterocycles. The summed E-state index contributed by atoms with van der Waals surface area (Å²) in [6.07, 6.45) is 1.78. The number of carbonyl (C=O) groups is 3. The van der Waals surface area contributed by atoms with Gasteiger partial charge in [0.1, 0.15) is 0 Å². The fourth-order valence-electron chi connectivity index (χ4n) is 1.88. The average Bonchev–Trinajstić information content (AvgIpc) is 3.36. The summed E-state index contributed by atoms with van der Waals surface area (Å²) in [5.74, 6) is -1.03. The molecule has 1 saturated carbocycles. The lowest BCUT2D eigenvalue weighted by Crippen LogP contribution is -2.49.